The van der Waals surface area contributed by atoms with Crippen molar-refractivity contribution >= 4 is 17.3 Å². The van der Waals surface area contributed by atoms with E-state index >= 15 is 0 Å². The maximum Gasteiger partial charge on any atom is 0.304 e. The Morgan fingerprint density at radius 2 is 2.44 bits per heavy atom. The lowest BCUT2D eigenvalue weighted by atomic mass is 10.2. The highest BCUT2D eigenvalue weighted by Crippen LogP contribution is 2.35. The number of hydrogen-bond donors (Lipinski definition) is 1. The standard InChI is InChI=1S/C12H17NO2S/c1-9(11-3-2-8-16-11)13(10-4-5-10)7-6-12(14)15/h2-3,8-10H,4-7H2,1H3,(H,14,15). The summed E-state index contributed by atoms with van der Waals surface area (Å²) in [5, 5.41) is 10.8. The summed E-state index contributed by atoms with van der Waals surface area (Å²) in [5.41, 5.74) is 0. The molecule has 88 valence electrons. The number of hydrogen-bond acceptors (Lipinski definition) is 3. The molecular formula is C12H17NO2S. The molecular weight excluding hydrogens is 222 g/mol. The van der Waals surface area contributed by atoms with Crippen molar-refractivity contribution in [2.45, 2.75) is 38.3 Å². The van der Waals surface area contributed by atoms with Crippen molar-refractivity contribution in [3.8, 4) is 0 Å². The van der Waals surface area contributed by atoms with Crippen LogP contribution in [-0.2, 0) is 4.79 Å². The van der Waals surface area contributed by atoms with Gasteiger partial charge < -0.3 is 5.11 Å². The normalized spacial score (nSPS) is 17.6. The Morgan fingerprint density at radius 3 is 2.94 bits per heavy atom. The molecule has 0 radical (unpaired) electrons. The third kappa shape index (κ3) is 2.83. The monoisotopic (exact) mass is 239 g/mol. The average molecular weight is 239 g/mol. The zero-order chi connectivity index (χ0) is 11.5. The van der Waals surface area contributed by atoms with Gasteiger partial charge in [0.05, 0.1) is 6.42 Å². The minimum Gasteiger partial charge on any atom is -0.481 e. The Hall–Kier alpha value is -0.870. The van der Waals surface area contributed by atoms with E-state index in [1.807, 2.05) is 0 Å². The lowest BCUT2D eigenvalue weighted by Crippen LogP contribution is -2.31. The van der Waals surface area contributed by atoms with Gasteiger partial charge in [0.2, 0.25) is 0 Å². The van der Waals surface area contributed by atoms with Gasteiger partial charge in [-0.25, -0.2) is 0 Å². The molecule has 1 aliphatic carbocycles. The molecule has 3 nitrogen and oxygen atoms in total. The molecule has 4 heteroatoms. The second kappa shape index (κ2) is 4.97. The number of nitrogens with zero attached hydrogens (tertiary/aromatic N) is 1. The number of aliphatic carboxylic acids is 1. The molecule has 1 aromatic rings. The van der Waals surface area contributed by atoms with Crippen LogP contribution in [0.25, 0.3) is 0 Å². The summed E-state index contributed by atoms with van der Waals surface area (Å²) >= 11 is 1.75. The first kappa shape index (κ1) is 11.6. The van der Waals surface area contributed by atoms with Crippen molar-refractivity contribution in [1.29, 1.82) is 0 Å². The summed E-state index contributed by atoms with van der Waals surface area (Å²) in [5.74, 6) is -0.705. The fraction of sp³-hybridized carbons (Fsp3) is 0.583. The third-order valence-electron chi connectivity index (χ3n) is 3.05. The summed E-state index contributed by atoms with van der Waals surface area (Å²) in [6.45, 7) is 2.84. The van der Waals surface area contributed by atoms with E-state index in [2.05, 4.69) is 29.3 Å². The molecule has 1 N–H and O–H groups in total. The van der Waals surface area contributed by atoms with Crippen LogP contribution in [0.5, 0.6) is 0 Å². The summed E-state index contributed by atoms with van der Waals surface area (Å²) in [6, 6.07) is 5.15. The predicted octanol–water partition coefficient (Wildman–Crippen LogP) is 2.75. The Balaban J connectivity index is 1.98. The highest BCUT2D eigenvalue weighted by Gasteiger charge is 2.32. The van der Waals surface area contributed by atoms with Gasteiger partial charge in [0, 0.05) is 23.5 Å². The third-order valence-corrected chi connectivity index (χ3v) is 4.09. The molecule has 1 saturated carbocycles. The van der Waals surface area contributed by atoms with Crippen molar-refractivity contribution < 1.29 is 9.90 Å². The molecule has 1 aliphatic rings. The van der Waals surface area contributed by atoms with Crippen molar-refractivity contribution in [1.82, 2.24) is 4.90 Å². The quantitative estimate of drug-likeness (QED) is 0.829. The van der Waals surface area contributed by atoms with Crippen LogP contribution in [0, 0.1) is 0 Å². The molecule has 0 bridgehead atoms. The summed E-state index contributed by atoms with van der Waals surface area (Å²) < 4.78 is 0. The highest BCUT2D eigenvalue weighted by molar-refractivity contribution is 7.10. The van der Waals surface area contributed by atoms with E-state index in [0.717, 1.165) is 0 Å². The number of carboxylic acid groups (broad SMARTS) is 1. The minimum absolute atomic E-state index is 0.242. The van der Waals surface area contributed by atoms with Crippen LogP contribution in [0.3, 0.4) is 0 Å². The molecule has 16 heavy (non-hydrogen) atoms. The first-order chi connectivity index (χ1) is 7.68. The second-order valence-electron chi connectivity index (χ2n) is 4.30. The largest absolute Gasteiger partial charge is 0.481 e. The zero-order valence-electron chi connectivity index (χ0n) is 9.43. The van der Waals surface area contributed by atoms with Crippen LogP contribution in [0.1, 0.15) is 37.1 Å². The SMILES string of the molecule is CC(c1cccs1)N(CCC(=O)O)C1CC1. The molecule has 1 fully saturated rings. The van der Waals surface area contributed by atoms with Crippen molar-refractivity contribution in [3.05, 3.63) is 22.4 Å². The Bertz CT molecular complexity index is 346. The van der Waals surface area contributed by atoms with Crippen LogP contribution in [0.4, 0.5) is 0 Å². The number of thiophene rings is 1. The first-order valence-corrected chi connectivity index (χ1v) is 6.57. The fourth-order valence-corrected chi connectivity index (χ4v) is 2.82. The lowest BCUT2D eigenvalue weighted by Gasteiger charge is -2.27. The van der Waals surface area contributed by atoms with E-state index in [1.165, 1.54) is 17.7 Å². The molecule has 1 heterocycles. The van der Waals surface area contributed by atoms with Crippen LogP contribution >= 0.6 is 11.3 Å². The smallest absolute Gasteiger partial charge is 0.304 e. The fourth-order valence-electron chi connectivity index (χ4n) is 2.02. The van der Waals surface area contributed by atoms with Gasteiger partial charge in [-0.3, -0.25) is 9.69 Å². The van der Waals surface area contributed by atoms with Crippen molar-refractivity contribution in [2.75, 3.05) is 6.54 Å². The second-order valence-corrected chi connectivity index (χ2v) is 5.28. The van der Waals surface area contributed by atoms with E-state index < -0.39 is 5.97 Å². The molecule has 0 spiro atoms. The average Bonchev–Trinajstić information content (AvgIpc) is 2.93. The molecule has 0 saturated heterocycles. The van der Waals surface area contributed by atoms with Gasteiger partial charge in [-0.1, -0.05) is 6.07 Å². The van der Waals surface area contributed by atoms with Crippen LogP contribution < -0.4 is 0 Å². The van der Waals surface area contributed by atoms with Crippen LogP contribution in [0.2, 0.25) is 0 Å². The number of carboxylic acids is 1. The summed E-state index contributed by atoms with van der Waals surface area (Å²) in [4.78, 5) is 14.3. The van der Waals surface area contributed by atoms with Crippen LogP contribution in [-0.4, -0.2) is 28.6 Å². The van der Waals surface area contributed by atoms with Gasteiger partial charge >= 0.3 is 5.97 Å². The van der Waals surface area contributed by atoms with E-state index in [4.69, 9.17) is 5.11 Å². The summed E-state index contributed by atoms with van der Waals surface area (Å²) in [6.07, 6.45) is 2.68. The highest BCUT2D eigenvalue weighted by atomic mass is 32.1. The Kier molecular flexibility index (Phi) is 3.61. The molecule has 0 amide bonds. The van der Waals surface area contributed by atoms with Crippen LogP contribution in [0.15, 0.2) is 17.5 Å². The van der Waals surface area contributed by atoms with E-state index in [0.29, 0.717) is 18.6 Å². The molecule has 1 aromatic heterocycles. The first-order valence-electron chi connectivity index (χ1n) is 5.69. The molecule has 1 unspecified atom stereocenters. The Morgan fingerprint density at radius 1 is 1.69 bits per heavy atom. The molecule has 1 atom stereocenters. The maximum absolute atomic E-state index is 10.6. The van der Waals surface area contributed by atoms with Gasteiger partial charge in [0.15, 0.2) is 0 Å². The number of carbonyl (C=O) groups is 1. The van der Waals surface area contributed by atoms with Gasteiger partial charge in [0.1, 0.15) is 0 Å². The van der Waals surface area contributed by atoms with E-state index in [1.54, 1.807) is 11.3 Å². The minimum atomic E-state index is -0.705. The van der Waals surface area contributed by atoms with Gasteiger partial charge in [-0.05, 0) is 31.2 Å². The zero-order valence-corrected chi connectivity index (χ0v) is 10.2. The van der Waals surface area contributed by atoms with Gasteiger partial charge in [0.25, 0.3) is 0 Å². The van der Waals surface area contributed by atoms with Gasteiger partial charge in [-0.2, -0.15) is 0 Å². The molecule has 2 rings (SSSR count). The predicted molar refractivity (Wildman–Crippen MR) is 64.7 cm³/mol. The summed E-state index contributed by atoms with van der Waals surface area (Å²) in [7, 11) is 0. The maximum atomic E-state index is 10.6. The van der Waals surface area contributed by atoms with E-state index in [9.17, 15) is 4.79 Å². The molecule has 0 aromatic carbocycles. The van der Waals surface area contributed by atoms with Gasteiger partial charge in [-0.15, -0.1) is 11.3 Å². The number of rotatable bonds is 6. The molecule has 0 aliphatic heterocycles. The Labute approximate surface area is 99.7 Å². The lowest BCUT2D eigenvalue weighted by molar-refractivity contribution is -0.137. The topological polar surface area (TPSA) is 40.5 Å². The van der Waals surface area contributed by atoms with E-state index in [-0.39, 0.29) is 6.42 Å². The van der Waals surface area contributed by atoms with Crippen molar-refractivity contribution in [3.63, 3.8) is 0 Å². The van der Waals surface area contributed by atoms with Crippen molar-refractivity contribution in [2.24, 2.45) is 0 Å².